The lowest BCUT2D eigenvalue weighted by molar-refractivity contribution is 0.0881. The Labute approximate surface area is 117 Å². The largest absolute Gasteiger partial charge is 0.387 e. The van der Waals surface area contributed by atoms with E-state index in [0.29, 0.717) is 26.1 Å². The van der Waals surface area contributed by atoms with Gasteiger partial charge in [0.1, 0.15) is 11.6 Å². The lowest BCUT2D eigenvalue weighted by Crippen LogP contribution is -2.32. The maximum absolute atomic E-state index is 13.6. The van der Waals surface area contributed by atoms with E-state index in [1.54, 1.807) is 12.0 Å². The van der Waals surface area contributed by atoms with Crippen molar-refractivity contribution >= 4 is 0 Å². The van der Waals surface area contributed by atoms with Crippen LogP contribution >= 0.6 is 0 Å². The lowest BCUT2D eigenvalue weighted by Gasteiger charge is -2.24. The second-order valence-corrected chi connectivity index (χ2v) is 4.38. The average Bonchev–Trinajstić information content (AvgIpc) is 2.41. The van der Waals surface area contributed by atoms with Crippen molar-refractivity contribution in [2.45, 2.75) is 12.5 Å². The molecule has 0 amide bonds. The molecule has 0 aromatic heterocycles. The molecule has 0 aliphatic rings. The summed E-state index contributed by atoms with van der Waals surface area (Å²) in [5, 5.41) is 18.6. The van der Waals surface area contributed by atoms with Crippen molar-refractivity contribution in [1.29, 1.82) is 5.26 Å². The summed E-state index contributed by atoms with van der Waals surface area (Å²) in [5.41, 5.74) is 0.0470. The zero-order valence-corrected chi connectivity index (χ0v) is 11.4. The number of nitriles is 1. The molecule has 20 heavy (non-hydrogen) atoms. The van der Waals surface area contributed by atoms with E-state index in [4.69, 9.17) is 10.00 Å². The number of hydrogen-bond acceptors (Lipinski definition) is 4. The lowest BCUT2D eigenvalue weighted by atomic mass is 10.1. The molecule has 0 saturated heterocycles. The van der Waals surface area contributed by atoms with Gasteiger partial charge < -0.3 is 9.84 Å². The Kier molecular flexibility index (Phi) is 7.09. The van der Waals surface area contributed by atoms with Crippen LogP contribution in [0.25, 0.3) is 0 Å². The highest BCUT2D eigenvalue weighted by Gasteiger charge is 2.17. The number of ether oxygens (including phenoxy) is 1. The van der Waals surface area contributed by atoms with Gasteiger partial charge in [0.2, 0.25) is 0 Å². The summed E-state index contributed by atoms with van der Waals surface area (Å²) in [6, 6.07) is 5.10. The number of methoxy groups -OCH3 is 1. The van der Waals surface area contributed by atoms with Crippen LogP contribution in [0.5, 0.6) is 0 Å². The Hall–Kier alpha value is -1.55. The van der Waals surface area contributed by atoms with Crippen molar-refractivity contribution in [3.05, 3.63) is 35.4 Å². The van der Waals surface area contributed by atoms with Crippen LogP contribution in [0.4, 0.5) is 8.78 Å². The third-order valence-corrected chi connectivity index (χ3v) is 2.90. The fourth-order valence-electron chi connectivity index (χ4n) is 1.84. The molecule has 1 aromatic carbocycles. The third-order valence-electron chi connectivity index (χ3n) is 2.90. The van der Waals surface area contributed by atoms with Gasteiger partial charge in [0.05, 0.1) is 18.8 Å². The molecule has 110 valence electrons. The van der Waals surface area contributed by atoms with Crippen molar-refractivity contribution < 1.29 is 18.6 Å². The van der Waals surface area contributed by atoms with Crippen molar-refractivity contribution in [1.82, 2.24) is 4.90 Å². The second kappa shape index (κ2) is 8.59. The highest BCUT2D eigenvalue weighted by Crippen LogP contribution is 2.19. The molecule has 0 bridgehead atoms. The van der Waals surface area contributed by atoms with Gasteiger partial charge >= 0.3 is 0 Å². The first-order valence-electron chi connectivity index (χ1n) is 6.29. The first-order chi connectivity index (χ1) is 9.58. The molecule has 0 aliphatic carbocycles. The van der Waals surface area contributed by atoms with Gasteiger partial charge in [0, 0.05) is 44.8 Å². The summed E-state index contributed by atoms with van der Waals surface area (Å²) >= 11 is 0. The molecule has 0 spiro atoms. The van der Waals surface area contributed by atoms with Crippen LogP contribution in [-0.2, 0) is 4.74 Å². The first-order valence-corrected chi connectivity index (χ1v) is 6.29. The Balaban J connectivity index is 2.68. The topological polar surface area (TPSA) is 56.5 Å². The molecule has 4 nitrogen and oxygen atoms in total. The number of aliphatic hydroxyl groups is 1. The van der Waals surface area contributed by atoms with Crippen LogP contribution in [0, 0.1) is 23.0 Å². The summed E-state index contributed by atoms with van der Waals surface area (Å²) in [5.74, 6) is -1.45. The summed E-state index contributed by atoms with van der Waals surface area (Å²) in [6.07, 6.45) is -0.770. The predicted octanol–water partition coefficient (Wildman–Crippen LogP) is 1.86. The first kappa shape index (κ1) is 16.5. The van der Waals surface area contributed by atoms with E-state index >= 15 is 0 Å². The van der Waals surface area contributed by atoms with Gasteiger partial charge in [0.25, 0.3) is 0 Å². The quantitative estimate of drug-likeness (QED) is 0.791. The molecule has 0 radical (unpaired) electrons. The smallest absolute Gasteiger partial charge is 0.131 e. The van der Waals surface area contributed by atoms with Crippen molar-refractivity contribution in [2.24, 2.45) is 0 Å². The summed E-state index contributed by atoms with van der Waals surface area (Å²) in [6.45, 7) is 1.59. The van der Waals surface area contributed by atoms with Gasteiger partial charge in [-0.1, -0.05) is 6.07 Å². The summed E-state index contributed by atoms with van der Waals surface area (Å²) in [7, 11) is 1.55. The molecule has 0 aliphatic heterocycles. The minimum atomic E-state index is -1.08. The molecule has 1 N–H and O–H groups in total. The molecule has 6 heteroatoms. The van der Waals surface area contributed by atoms with Crippen LogP contribution in [0.1, 0.15) is 18.1 Å². The van der Waals surface area contributed by atoms with E-state index in [9.17, 15) is 13.9 Å². The van der Waals surface area contributed by atoms with Crippen LogP contribution in [0.2, 0.25) is 0 Å². The zero-order chi connectivity index (χ0) is 15.0. The van der Waals surface area contributed by atoms with Gasteiger partial charge in [-0.2, -0.15) is 5.26 Å². The van der Waals surface area contributed by atoms with E-state index < -0.39 is 17.7 Å². The van der Waals surface area contributed by atoms with E-state index in [1.165, 1.54) is 6.07 Å². The Morgan fingerprint density at radius 1 is 1.40 bits per heavy atom. The molecule has 0 heterocycles. The third kappa shape index (κ3) is 5.21. The average molecular weight is 284 g/mol. The molecule has 1 rings (SSSR count). The second-order valence-electron chi connectivity index (χ2n) is 4.38. The van der Waals surface area contributed by atoms with Gasteiger partial charge in [-0.3, -0.25) is 4.90 Å². The Morgan fingerprint density at radius 3 is 2.75 bits per heavy atom. The highest BCUT2D eigenvalue weighted by atomic mass is 19.1. The number of benzene rings is 1. The highest BCUT2D eigenvalue weighted by molar-refractivity contribution is 5.21. The van der Waals surface area contributed by atoms with E-state index in [1.807, 2.05) is 6.07 Å². The number of nitrogens with zero attached hydrogens (tertiary/aromatic N) is 2. The number of hydrogen-bond donors (Lipinski definition) is 1. The SMILES string of the molecule is COCCN(CCC#N)CC(O)c1ccc(F)cc1F. The molecule has 1 aromatic rings. The molecule has 1 atom stereocenters. The monoisotopic (exact) mass is 284 g/mol. The minimum Gasteiger partial charge on any atom is -0.387 e. The fourth-order valence-corrected chi connectivity index (χ4v) is 1.84. The predicted molar refractivity (Wildman–Crippen MR) is 69.9 cm³/mol. The number of halogens is 2. The van der Waals surface area contributed by atoms with Crippen molar-refractivity contribution in [3.63, 3.8) is 0 Å². The van der Waals surface area contributed by atoms with Gasteiger partial charge in [-0.05, 0) is 6.07 Å². The van der Waals surface area contributed by atoms with Crippen LogP contribution in [-0.4, -0.2) is 43.4 Å². The normalized spacial score (nSPS) is 12.4. The van der Waals surface area contributed by atoms with Crippen LogP contribution in [0.3, 0.4) is 0 Å². The maximum Gasteiger partial charge on any atom is 0.131 e. The maximum atomic E-state index is 13.6. The van der Waals surface area contributed by atoms with Gasteiger partial charge in [0.15, 0.2) is 0 Å². The van der Waals surface area contributed by atoms with E-state index in [2.05, 4.69) is 0 Å². The molecular formula is C14H18F2N2O2. The zero-order valence-electron chi connectivity index (χ0n) is 11.4. The van der Waals surface area contributed by atoms with E-state index in [0.717, 1.165) is 12.1 Å². The van der Waals surface area contributed by atoms with Crippen molar-refractivity contribution in [2.75, 3.05) is 33.4 Å². The minimum absolute atomic E-state index is 0.0470. The molecule has 0 fully saturated rings. The fraction of sp³-hybridized carbons (Fsp3) is 0.500. The van der Waals surface area contributed by atoms with Crippen LogP contribution in [0.15, 0.2) is 18.2 Å². The molecule has 1 unspecified atom stereocenters. The summed E-state index contributed by atoms with van der Waals surface area (Å²) < 4.78 is 31.3. The Morgan fingerprint density at radius 2 is 2.15 bits per heavy atom. The van der Waals surface area contributed by atoms with Gasteiger partial charge in [-0.15, -0.1) is 0 Å². The number of aliphatic hydroxyl groups excluding tert-OH is 1. The summed E-state index contributed by atoms with van der Waals surface area (Å²) in [4.78, 5) is 1.81. The van der Waals surface area contributed by atoms with Gasteiger partial charge in [-0.25, -0.2) is 8.78 Å². The standard InChI is InChI=1S/C14H18F2N2O2/c1-20-8-7-18(6-2-5-17)10-14(19)12-4-3-11(15)9-13(12)16/h3-4,9,14,19H,2,6-8,10H2,1H3. The molecule has 0 saturated carbocycles. The Bertz CT molecular complexity index is 463. The number of rotatable bonds is 8. The van der Waals surface area contributed by atoms with E-state index in [-0.39, 0.29) is 12.1 Å². The van der Waals surface area contributed by atoms with Crippen molar-refractivity contribution in [3.8, 4) is 6.07 Å². The van der Waals surface area contributed by atoms with Crippen LogP contribution < -0.4 is 0 Å². The molecular weight excluding hydrogens is 266 g/mol.